The highest BCUT2D eigenvalue weighted by atomic mass is 79.9. The van der Waals surface area contributed by atoms with Crippen LogP contribution in [0.5, 0.6) is 0 Å². The molecule has 1 aliphatic heterocycles. The van der Waals surface area contributed by atoms with Crippen LogP contribution in [-0.4, -0.2) is 24.2 Å². The first-order valence-corrected chi connectivity index (χ1v) is 9.47. The molecule has 2 heterocycles. The van der Waals surface area contributed by atoms with E-state index in [2.05, 4.69) is 46.9 Å². The maximum absolute atomic E-state index is 12.2. The lowest BCUT2D eigenvalue weighted by atomic mass is 9.86. The lowest BCUT2D eigenvalue weighted by Gasteiger charge is -2.36. The number of H-pyrrole nitrogens is 1. The Balaban J connectivity index is 2.15. The molecule has 3 rings (SSSR count). The highest BCUT2D eigenvalue weighted by molar-refractivity contribution is 9.10. The van der Waals surface area contributed by atoms with Gasteiger partial charge < -0.3 is 14.5 Å². The van der Waals surface area contributed by atoms with E-state index in [0.717, 1.165) is 34.9 Å². The molecule has 130 valence electrons. The third-order valence-electron chi connectivity index (χ3n) is 4.98. The van der Waals surface area contributed by atoms with Crippen molar-refractivity contribution in [2.45, 2.75) is 52.1 Å². The van der Waals surface area contributed by atoms with E-state index in [1.165, 1.54) is 16.5 Å². The smallest absolute Gasteiger partial charge is 0.309 e. The predicted molar refractivity (Wildman–Crippen MR) is 98.3 cm³/mol. The highest BCUT2D eigenvalue weighted by Crippen LogP contribution is 2.43. The van der Waals surface area contributed by atoms with E-state index >= 15 is 0 Å². The number of fused-ring (bicyclic) bond motifs is 3. The van der Waals surface area contributed by atoms with Crippen LogP contribution < -0.4 is 0 Å². The summed E-state index contributed by atoms with van der Waals surface area (Å²) in [7, 11) is 0. The molecule has 1 N–H and O–H groups in total. The fraction of sp³-hybridized carbons (Fsp3) is 0.526. The van der Waals surface area contributed by atoms with Crippen molar-refractivity contribution in [1.29, 1.82) is 0 Å². The Morgan fingerprint density at radius 1 is 1.38 bits per heavy atom. The number of nitrogens with one attached hydrogen (secondary N) is 1. The zero-order valence-electron chi connectivity index (χ0n) is 14.5. The van der Waals surface area contributed by atoms with E-state index in [1.807, 2.05) is 6.92 Å². The summed E-state index contributed by atoms with van der Waals surface area (Å²) in [4.78, 5) is 15.8. The van der Waals surface area contributed by atoms with Gasteiger partial charge in [0.2, 0.25) is 0 Å². The first-order chi connectivity index (χ1) is 11.6. The molecule has 1 atom stereocenters. The first-order valence-electron chi connectivity index (χ1n) is 8.68. The number of halogens is 1. The van der Waals surface area contributed by atoms with Crippen molar-refractivity contribution in [3.63, 3.8) is 0 Å². The molecule has 0 spiro atoms. The van der Waals surface area contributed by atoms with Crippen molar-refractivity contribution in [3.8, 4) is 0 Å². The van der Waals surface area contributed by atoms with Crippen LogP contribution >= 0.6 is 15.9 Å². The third kappa shape index (κ3) is 2.78. The fourth-order valence-electron chi connectivity index (χ4n) is 3.76. The van der Waals surface area contributed by atoms with Crippen molar-refractivity contribution in [1.82, 2.24) is 4.98 Å². The minimum Gasteiger partial charge on any atom is -0.466 e. The second-order valence-corrected chi connectivity index (χ2v) is 7.06. The molecule has 5 heteroatoms. The molecule has 0 saturated carbocycles. The minimum absolute atomic E-state index is 0.206. The standard InChI is InChI=1S/C19H24BrNO3/c1-4-12-15(20)8-7-13-14-9-10-24-19(5-2,11-16(22)23-6-3)18(14)21-17(12)13/h7-8,21H,4-6,9-11H2,1-3H3. The normalized spacial score (nSPS) is 20.2. The van der Waals surface area contributed by atoms with Crippen molar-refractivity contribution >= 4 is 32.8 Å². The van der Waals surface area contributed by atoms with E-state index in [1.54, 1.807) is 0 Å². The van der Waals surface area contributed by atoms with E-state index < -0.39 is 5.60 Å². The molecule has 4 nitrogen and oxygen atoms in total. The summed E-state index contributed by atoms with van der Waals surface area (Å²) in [6.07, 6.45) is 2.79. The molecular formula is C19H24BrNO3. The zero-order chi connectivity index (χ0) is 17.3. The number of benzene rings is 1. The molecule has 1 aromatic carbocycles. The lowest BCUT2D eigenvalue weighted by molar-refractivity contribution is -0.154. The van der Waals surface area contributed by atoms with Gasteiger partial charge in [0, 0.05) is 9.86 Å². The van der Waals surface area contributed by atoms with Crippen LogP contribution in [-0.2, 0) is 32.7 Å². The van der Waals surface area contributed by atoms with Gasteiger partial charge >= 0.3 is 5.97 Å². The molecular weight excluding hydrogens is 370 g/mol. The minimum atomic E-state index is -0.615. The Morgan fingerprint density at radius 2 is 2.17 bits per heavy atom. The third-order valence-corrected chi connectivity index (χ3v) is 5.72. The number of aromatic nitrogens is 1. The second-order valence-electron chi connectivity index (χ2n) is 6.21. The summed E-state index contributed by atoms with van der Waals surface area (Å²) in [5.74, 6) is -0.206. The van der Waals surface area contributed by atoms with Gasteiger partial charge in [0.05, 0.1) is 30.8 Å². The van der Waals surface area contributed by atoms with Gasteiger partial charge in [-0.25, -0.2) is 0 Å². The van der Waals surface area contributed by atoms with Crippen LogP contribution in [0.4, 0.5) is 0 Å². The number of aryl methyl sites for hydroxylation is 1. The van der Waals surface area contributed by atoms with Crippen LogP contribution in [0.25, 0.3) is 10.9 Å². The fourth-order valence-corrected chi connectivity index (χ4v) is 4.37. The number of carbonyl (C=O) groups is 1. The molecule has 0 aliphatic carbocycles. The van der Waals surface area contributed by atoms with Crippen molar-refractivity contribution in [3.05, 3.63) is 33.4 Å². The Bertz CT molecular complexity index is 768. The number of carbonyl (C=O) groups excluding carboxylic acids is 1. The van der Waals surface area contributed by atoms with Crippen LogP contribution in [0.15, 0.2) is 16.6 Å². The van der Waals surface area contributed by atoms with Crippen LogP contribution in [0.1, 0.15) is 50.4 Å². The number of aromatic amines is 1. The monoisotopic (exact) mass is 393 g/mol. The summed E-state index contributed by atoms with van der Waals surface area (Å²) in [6, 6.07) is 4.27. The number of esters is 1. The summed E-state index contributed by atoms with van der Waals surface area (Å²) >= 11 is 3.65. The van der Waals surface area contributed by atoms with Crippen LogP contribution in [0.2, 0.25) is 0 Å². The molecule has 0 amide bonds. The van der Waals surface area contributed by atoms with Gasteiger partial charge in [-0.15, -0.1) is 0 Å². The van der Waals surface area contributed by atoms with Crippen LogP contribution in [0.3, 0.4) is 0 Å². The van der Waals surface area contributed by atoms with E-state index in [0.29, 0.717) is 13.2 Å². The predicted octanol–water partition coefficient (Wildman–Crippen LogP) is 4.62. The molecule has 0 saturated heterocycles. The molecule has 0 bridgehead atoms. The maximum Gasteiger partial charge on any atom is 0.309 e. The van der Waals surface area contributed by atoms with Crippen LogP contribution in [0, 0.1) is 0 Å². The molecule has 0 fully saturated rings. The second kappa shape index (κ2) is 6.89. The lowest BCUT2D eigenvalue weighted by Crippen LogP contribution is -2.37. The number of rotatable bonds is 5. The van der Waals surface area contributed by atoms with E-state index in [4.69, 9.17) is 9.47 Å². The average Bonchev–Trinajstić information content (AvgIpc) is 2.95. The van der Waals surface area contributed by atoms with Crippen molar-refractivity contribution in [2.24, 2.45) is 0 Å². The average molecular weight is 394 g/mol. The molecule has 2 aromatic rings. The number of hydrogen-bond donors (Lipinski definition) is 1. The Labute approximate surface area is 151 Å². The molecule has 1 unspecified atom stereocenters. The first kappa shape index (κ1) is 17.5. The number of ether oxygens (including phenoxy) is 2. The van der Waals surface area contributed by atoms with Gasteiger partial charge in [-0.3, -0.25) is 4.79 Å². The quantitative estimate of drug-likeness (QED) is 0.753. The van der Waals surface area contributed by atoms with Gasteiger partial charge in [-0.1, -0.05) is 35.8 Å². The SMILES string of the molecule is CCOC(=O)CC1(CC)OCCc2c1[nH]c1c(CC)c(Br)ccc21. The molecule has 0 radical (unpaired) electrons. The van der Waals surface area contributed by atoms with Crippen molar-refractivity contribution < 1.29 is 14.3 Å². The van der Waals surface area contributed by atoms with Gasteiger partial charge in [0.15, 0.2) is 0 Å². The van der Waals surface area contributed by atoms with E-state index in [-0.39, 0.29) is 12.4 Å². The Morgan fingerprint density at radius 3 is 2.83 bits per heavy atom. The van der Waals surface area contributed by atoms with Gasteiger partial charge in [0.25, 0.3) is 0 Å². The molecule has 1 aliphatic rings. The summed E-state index contributed by atoms with van der Waals surface area (Å²) in [6.45, 7) is 7.07. The largest absolute Gasteiger partial charge is 0.466 e. The zero-order valence-corrected chi connectivity index (χ0v) is 16.1. The van der Waals surface area contributed by atoms with Crippen molar-refractivity contribution in [2.75, 3.05) is 13.2 Å². The Hall–Kier alpha value is -1.33. The Kier molecular flexibility index (Phi) is 5.02. The topological polar surface area (TPSA) is 51.3 Å². The summed E-state index contributed by atoms with van der Waals surface area (Å²) in [5.41, 5.74) is 4.14. The maximum atomic E-state index is 12.2. The highest BCUT2D eigenvalue weighted by Gasteiger charge is 2.41. The van der Waals surface area contributed by atoms with Gasteiger partial charge in [-0.05, 0) is 43.4 Å². The number of hydrogen-bond acceptors (Lipinski definition) is 3. The molecule has 24 heavy (non-hydrogen) atoms. The summed E-state index contributed by atoms with van der Waals surface area (Å²) < 4.78 is 12.4. The molecule has 1 aromatic heterocycles. The summed E-state index contributed by atoms with van der Waals surface area (Å²) in [5, 5.41) is 1.25. The van der Waals surface area contributed by atoms with E-state index in [9.17, 15) is 4.79 Å². The van der Waals surface area contributed by atoms with Gasteiger partial charge in [-0.2, -0.15) is 0 Å². The van der Waals surface area contributed by atoms with Gasteiger partial charge in [0.1, 0.15) is 5.60 Å².